The van der Waals surface area contributed by atoms with Gasteiger partial charge in [-0.25, -0.2) is 0 Å². The third kappa shape index (κ3) is 6.17. The number of hydrogen-bond acceptors (Lipinski definition) is 6. The van der Waals surface area contributed by atoms with E-state index >= 15 is 0 Å². The topological polar surface area (TPSA) is 74.5 Å². The van der Waals surface area contributed by atoms with Crippen LogP contribution in [0.3, 0.4) is 0 Å². The summed E-state index contributed by atoms with van der Waals surface area (Å²) in [5.41, 5.74) is 2.13. The summed E-state index contributed by atoms with van der Waals surface area (Å²) in [6.07, 6.45) is 5.60. The van der Waals surface area contributed by atoms with Gasteiger partial charge in [0.15, 0.2) is 0 Å². The van der Waals surface area contributed by atoms with Gasteiger partial charge in [0.05, 0.1) is 12.5 Å². The van der Waals surface area contributed by atoms with E-state index in [9.17, 15) is 4.79 Å². The number of carbonyl (C=O) groups excluding carboxylic acids is 1. The summed E-state index contributed by atoms with van der Waals surface area (Å²) in [6, 6.07) is 8.05. The maximum Gasteiger partial charge on any atom is 0.241 e. The van der Waals surface area contributed by atoms with Crippen LogP contribution in [0.25, 0.3) is 11.4 Å². The van der Waals surface area contributed by atoms with Crippen LogP contribution in [0.15, 0.2) is 28.8 Å². The van der Waals surface area contributed by atoms with Gasteiger partial charge in [-0.3, -0.25) is 9.69 Å². The highest BCUT2D eigenvalue weighted by Gasteiger charge is 2.27. The van der Waals surface area contributed by atoms with E-state index in [1.807, 2.05) is 31.2 Å². The number of piperidine rings is 2. The van der Waals surface area contributed by atoms with Crippen LogP contribution in [0.1, 0.15) is 50.5 Å². The molecule has 2 aromatic rings. The molecule has 2 aliphatic rings. The van der Waals surface area contributed by atoms with Crippen LogP contribution in [0.5, 0.6) is 0 Å². The highest BCUT2D eigenvalue weighted by molar-refractivity contribution is 5.78. The van der Waals surface area contributed by atoms with Crippen molar-refractivity contribution in [3.05, 3.63) is 35.7 Å². The third-order valence-corrected chi connectivity index (χ3v) is 6.92. The number of aromatic nitrogens is 2. The van der Waals surface area contributed by atoms with Crippen molar-refractivity contribution in [2.75, 3.05) is 39.3 Å². The van der Waals surface area contributed by atoms with Gasteiger partial charge >= 0.3 is 0 Å². The maximum absolute atomic E-state index is 12.7. The molecule has 2 saturated heterocycles. The molecule has 2 aliphatic heterocycles. The van der Waals surface area contributed by atoms with Gasteiger partial charge < -0.3 is 14.7 Å². The zero-order valence-corrected chi connectivity index (χ0v) is 19.6. The molecule has 1 N–H and O–H groups in total. The average molecular weight is 440 g/mol. The smallest absolute Gasteiger partial charge is 0.241 e. The van der Waals surface area contributed by atoms with Crippen molar-refractivity contribution < 1.29 is 9.32 Å². The number of likely N-dealkylation sites (tertiary alicyclic amines) is 2. The molecule has 4 rings (SSSR count). The van der Waals surface area contributed by atoms with E-state index in [1.165, 1.54) is 25.9 Å². The van der Waals surface area contributed by atoms with Crippen LogP contribution < -0.4 is 5.32 Å². The zero-order valence-electron chi connectivity index (χ0n) is 19.6. The maximum atomic E-state index is 12.7. The summed E-state index contributed by atoms with van der Waals surface area (Å²) >= 11 is 0. The number of hydrogen-bond donors (Lipinski definition) is 1. The first-order valence-corrected chi connectivity index (χ1v) is 12.2. The molecule has 1 atom stereocenters. The van der Waals surface area contributed by atoms with Gasteiger partial charge in [-0.1, -0.05) is 36.3 Å². The van der Waals surface area contributed by atoms with E-state index < -0.39 is 0 Å². The second-order valence-electron chi connectivity index (χ2n) is 9.57. The monoisotopic (exact) mass is 439 g/mol. The third-order valence-electron chi connectivity index (χ3n) is 6.92. The lowest BCUT2D eigenvalue weighted by Gasteiger charge is -2.31. The van der Waals surface area contributed by atoms with Crippen molar-refractivity contribution in [1.29, 1.82) is 0 Å². The molecule has 0 radical (unpaired) electrons. The number of rotatable bonds is 8. The minimum atomic E-state index is 0.0401. The molecule has 1 aromatic heterocycles. The summed E-state index contributed by atoms with van der Waals surface area (Å²) in [7, 11) is 0. The van der Waals surface area contributed by atoms with Crippen LogP contribution in [-0.4, -0.2) is 65.1 Å². The molecule has 7 heteroatoms. The van der Waals surface area contributed by atoms with Crippen molar-refractivity contribution in [1.82, 2.24) is 25.3 Å². The Balaban J connectivity index is 1.20. The molecular weight excluding hydrogens is 402 g/mol. The predicted octanol–water partition coefficient (Wildman–Crippen LogP) is 3.50. The minimum Gasteiger partial charge on any atom is -0.356 e. The van der Waals surface area contributed by atoms with Crippen LogP contribution in [0, 0.1) is 18.8 Å². The van der Waals surface area contributed by atoms with Crippen LogP contribution >= 0.6 is 0 Å². The fourth-order valence-corrected chi connectivity index (χ4v) is 4.80. The van der Waals surface area contributed by atoms with Crippen LogP contribution in [-0.2, 0) is 11.3 Å². The Bertz CT molecular complexity index is 875. The lowest BCUT2D eigenvalue weighted by Crippen LogP contribution is -2.43. The number of benzene rings is 1. The molecule has 0 bridgehead atoms. The zero-order chi connectivity index (χ0) is 22.3. The fourth-order valence-electron chi connectivity index (χ4n) is 4.80. The Kier molecular flexibility index (Phi) is 7.92. The fraction of sp³-hybridized carbons (Fsp3) is 0.640. The first kappa shape index (κ1) is 22.9. The molecule has 0 saturated carbocycles. The molecule has 0 aliphatic carbocycles. The second-order valence-corrected chi connectivity index (χ2v) is 9.57. The number of aryl methyl sites for hydroxylation is 1. The first-order valence-electron chi connectivity index (χ1n) is 12.2. The Labute approximate surface area is 191 Å². The Morgan fingerprint density at radius 1 is 1.16 bits per heavy atom. The first-order chi connectivity index (χ1) is 15.6. The lowest BCUT2D eigenvalue weighted by molar-refractivity contribution is -0.126. The van der Waals surface area contributed by atoms with Crippen LogP contribution in [0.2, 0.25) is 0 Å². The molecule has 1 unspecified atom stereocenters. The molecule has 3 heterocycles. The van der Waals surface area contributed by atoms with Gasteiger partial charge in [0, 0.05) is 18.7 Å². The van der Waals surface area contributed by atoms with E-state index in [2.05, 4.69) is 32.2 Å². The average Bonchev–Trinajstić information content (AvgIpc) is 3.26. The number of nitrogens with zero attached hydrogens (tertiary/aromatic N) is 4. The van der Waals surface area contributed by atoms with Gasteiger partial charge in [0.2, 0.25) is 17.6 Å². The van der Waals surface area contributed by atoms with Gasteiger partial charge in [-0.05, 0) is 76.7 Å². The number of amides is 1. The Hall–Kier alpha value is -2.25. The molecule has 2 fully saturated rings. The van der Waals surface area contributed by atoms with Crippen molar-refractivity contribution in [3.8, 4) is 11.4 Å². The highest BCUT2D eigenvalue weighted by Crippen LogP contribution is 2.22. The second kappa shape index (κ2) is 11.1. The molecule has 1 aromatic carbocycles. The van der Waals surface area contributed by atoms with Gasteiger partial charge in [0.1, 0.15) is 0 Å². The van der Waals surface area contributed by atoms with Crippen molar-refractivity contribution in [2.45, 2.75) is 52.5 Å². The molecule has 7 nitrogen and oxygen atoms in total. The molecular formula is C25H37N5O2. The summed E-state index contributed by atoms with van der Waals surface area (Å²) in [4.78, 5) is 22.1. The Morgan fingerprint density at radius 3 is 2.78 bits per heavy atom. The standard InChI is InChI=1S/C25H37N5O2/c1-19-10-15-29(16-11-19)14-6-12-26-25(31)21-8-5-13-30(17-21)18-23-27-24(28-32-23)22-9-4-3-7-20(22)2/h3-4,7,9,19,21H,5-6,8,10-18H2,1-2H3,(H,26,31). The van der Waals surface area contributed by atoms with Crippen LogP contribution in [0.4, 0.5) is 0 Å². The summed E-state index contributed by atoms with van der Waals surface area (Å²) < 4.78 is 5.51. The molecule has 1 amide bonds. The number of nitrogens with one attached hydrogen (secondary N) is 1. The van der Waals surface area contributed by atoms with E-state index in [4.69, 9.17) is 4.52 Å². The quantitative estimate of drug-likeness (QED) is 0.635. The number of carbonyl (C=O) groups is 1. The van der Waals surface area contributed by atoms with Crippen molar-refractivity contribution in [3.63, 3.8) is 0 Å². The largest absolute Gasteiger partial charge is 0.356 e. The highest BCUT2D eigenvalue weighted by atomic mass is 16.5. The predicted molar refractivity (Wildman–Crippen MR) is 125 cm³/mol. The summed E-state index contributed by atoms with van der Waals surface area (Å²) in [5, 5.41) is 7.34. The molecule has 32 heavy (non-hydrogen) atoms. The lowest BCUT2D eigenvalue weighted by atomic mass is 9.97. The van der Waals surface area contributed by atoms with Crippen molar-refractivity contribution in [2.24, 2.45) is 11.8 Å². The van der Waals surface area contributed by atoms with E-state index in [1.54, 1.807) is 0 Å². The molecule has 0 spiro atoms. The molecule has 174 valence electrons. The van der Waals surface area contributed by atoms with E-state index in [0.29, 0.717) is 18.3 Å². The SMILES string of the molecule is Cc1ccccc1-c1noc(CN2CCCC(C(=O)NCCCN3CCC(C)CC3)C2)n1. The van der Waals surface area contributed by atoms with E-state index in [0.717, 1.165) is 62.5 Å². The summed E-state index contributed by atoms with van der Waals surface area (Å²) in [6.45, 7) is 10.9. The van der Waals surface area contributed by atoms with Gasteiger partial charge in [0.25, 0.3) is 0 Å². The van der Waals surface area contributed by atoms with Crippen molar-refractivity contribution >= 4 is 5.91 Å². The minimum absolute atomic E-state index is 0.0401. The summed E-state index contributed by atoms with van der Waals surface area (Å²) in [5.74, 6) is 2.33. The van der Waals surface area contributed by atoms with Gasteiger partial charge in [-0.15, -0.1) is 0 Å². The Morgan fingerprint density at radius 2 is 1.97 bits per heavy atom. The van der Waals surface area contributed by atoms with E-state index in [-0.39, 0.29) is 11.8 Å². The normalized spacial score (nSPS) is 21.0. The van der Waals surface area contributed by atoms with Gasteiger partial charge in [-0.2, -0.15) is 4.98 Å².